The van der Waals surface area contributed by atoms with Crippen LogP contribution in [0.25, 0.3) is 10.8 Å². The predicted octanol–water partition coefficient (Wildman–Crippen LogP) is 2.49. The first-order valence-electron chi connectivity index (χ1n) is 10.2. The molecule has 0 spiro atoms. The maximum absolute atomic E-state index is 13.3. The second-order valence-corrected chi connectivity index (χ2v) is 7.51. The molecule has 9 nitrogen and oxygen atoms in total. The van der Waals surface area contributed by atoms with Crippen molar-refractivity contribution in [3.63, 3.8) is 0 Å². The number of fused-ring (bicyclic) bond motifs is 3. The van der Waals surface area contributed by atoms with Gasteiger partial charge in [0, 0.05) is 23.2 Å². The number of anilines is 1. The van der Waals surface area contributed by atoms with Crippen LogP contribution >= 0.6 is 0 Å². The Balaban J connectivity index is 2.22. The number of aliphatic hydroxyl groups is 1. The van der Waals surface area contributed by atoms with Crippen molar-refractivity contribution in [2.24, 2.45) is 0 Å². The Hall–Kier alpha value is -4.11. The van der Waals surface area contributed by atoms with Gasteiger partial charge in [-0.05, 0) is 24.1 Å². The standard InChI is InChI=1S/C24H21NO8/c1-3-10-9-12(25-7-8-26)16-17(14(10)24(32)33-2)23(31)18-19(22(16)30)21(29)15-11(20(18)28)5-4-6-13(15)27/h4-6,9,25-27,30-31H,3,7-8H2,1-2H3. The van der Waals surface area contributed by atoms with Gasteiger partial charge in [0.2, 0.25) is 5.78 Å². The molecule has 1 aliphatic carbocycles. The van der Waals surface area contributed by atoms with Gasteiger partial charge in [0.1, 0.15) is 17.2 Å². The van der Waals surface area contributed by atoms with E-state index in [-0.39, 0.29) is 46.3 Å². The summed E-state index contributed by atoms with van der Waals surface area (Å²) in [6.07, 6.45) is 0.342. The molecule has 4 rings (SSSR count). The molecule has 0 saturated carbocycles. The number of phenolic OH excluding ortho intramolecular Hbond substituents is 3. The second-order valence-electron chi connectivity index (χ2n) is 7.51. The minimum absolute atomic E-state index is 0.0536. The van der Waals surface area contributed by atoms with E-state index in [0.717, 1.165) is 7.11 Å². The van der Waals surface area contributed by atoms with Crippen molar-refractivity contribution in [1.82, 2.24) is 0 Å². The van der Waals surface area contributed by atoms with Crippen molar-refractivity contribution < 1.29 is 39.5 Å². The van der Waals surface area contributed by atoms with Gasteiger partial charge in [0.25, 0.3) is 0 Å². The van der Waals surface area contributed by atoms with Crippen molar-refractivity contribution in [3.8, 4) is 17.2 Å². The zero-order valence-electron chi connectivity index (χ0n) is 17.9. The number of carbonyl (C=O) groups excluding carboxylic acids is 3. The van der Waals surface area contributed by atoms with Crippen LogP contribution in [-0.4, -0.2) is 58.2 Å². The van der Waals surface area contributed by atoms with Crippen LogP contribution in [0.2, 0.25) is 0 Å². The highest BCUT2D eigenvalue weighted by Crippen LogP contribution is 2.49. The molecule has 0 saturated heterocycles. The van der Waals surface area contributed by atoms with Crippen molar-refractivity contribution in [2.45, 2.75) is 13.3 Å². The summed E-state index contributed by atoms with van der Waals surface area (Å²) in [6, 6.07) is 5.51. The number of ketones is 2. The first kappa shape index (κ1) is 22.1. The van der Waals surface area contributed by atoms with Gasteiger partial charge < -0.3 is 30.5 Å². The molecular formula is C24H21NO8. The van der Waals surface area contributed by atoms with E-state index in [0.29, 0.717) is 12.0 Å². The third kappa shape index (κ3) is 3.08. The fourth-order valence-corrected chi connectivity index (χ4v) is 4.32. The largest absolute Gasteiger partial charge is 0.507 e. The van der Waals surface area contributed by atoms with E-state index in [1.165, 1.54) is 18.2 Å². The number of carbonyl (C=O) groups is 3. The normalized spacial score (nSPS) is 12.5. The third-order valence-electron chi connectivity index (χ3n) is 5.77. The number of methoxy groups -OCH3 is 1. The number of aliphatic hydroxyl groups excluding tert-OH is 1. The monoisotopic (exact) mass is 451 g/mol. The average molecular weight is 451 g/mol. The van der Waals surface area contributed by atoms with Gasteiger partial charge in [-0.3, -0.25) is 9.59 Å². The molecule has 0 aromatic heterocycles. The molecule has 0 heterocycles. The molecule has 5 N–H and O–H groups in total. The Labute approximate surface area is 187 Å². The Morgan fingerprint density at radius 3 is 2.30 bits per heavy atom. The van der Waals surface area contributed by atoms with Crippen LogP contribution in [0, 0.1) is 0 Å². The highest BCUT2D eigenvalue weighted by molar-refractivity contribution is 6.34. The summed E-state index contributed by atoms with van der Waals surface area (Å²) in [6.45, 7) is 1.59. The highest BCUT2D eigenvalue weighted by atomic mass is 16.5. The van der Waals surface area contributed by atoms with E-state index >= 15 is 0 Å². The highest BCUT2D eigenvalue weighted by Gasteiger charge is 2.39. The van der Waals surface area contributed by atoms with Crippen LogP contribution in [0.15, 0.2) is 24.3 Å². The molecule has 0 bridgehead atoms. The Bertz CT molecular complexity index is 1360. The van der Waals surface area contributed by atoms with E-state index in [1.807, 2.05) is 0 Å². The number of esters is 1. The molecule has 9 heteroatoms. The molecular weight excluding hydrogens is 430 g/mol. The van der Waals surface area contributed by atoms with Crippen LogP contribution in [0.1, 0.15) is 54.7 Å². The molecule has 0 aliphatic heterocycles. The van der Waals surface area contributed by atoms with Gasteiger partial charge in [-0.25, -0.2) is 4.79 Å². The lowest BCUT2D eigenvalue weighted by molar-refractivity contribution is 0.0601. The molecule has 0 radical (unpaired) electrons. The summed E-state index contributed by atoms with van der Waals surface area (Å²) in [5, 5.41) is 44.6. The number of hydrogen-bond acceptors (Lipinski definition) is 9. The lowest BCUT2D eigenvalue weighted by Crippen LogP contribution is -2.22. The van der Waals surface area contributed by atoms with E-state index in [1.54, 1.807) is 13.0 Å². The first-order valence-corrected chi connectivity index (χ1v) is 10.2. The number of aromatic hydroxyl groups is 3. The predicted molar refractivity (Wildman–Crippen MR) is 119 cm³/mol. The van der Waals surface area contributed by atoms with Crippen molar-refractivity contribution in [3.05, 3.63) is 57.6 Å². The minimum atomic E-state index is -0.848. The number of benzene rings is 3. The number of nitrogens with one attached hydrogen (secondary N) is 1. The molecule has 33 heavy (non-hydrogen) atoms. The SMILES string of the molecule is CCc1cc(NCCO)c2c(O)c3c(c(O)c2c1C(=O)OC)C(=O)c1cccc(O)c1C3=O. The van der Waals surface area contributed by atoms with Gasteiger partial charge in [-0.1, -0.05) is 19.1 Å². The lowest BCUT2D eigenvalue weighted by Gasteiger charge is -2.24. The maximum Gasteiger partial charge on any atom is 0.338 e. The third-order valence-corrected chi connectivity index (χ3v) is 5.77. The van der Waals surface area contributed by atoms with Crippen LogP contribution in [0.5, 0.6) is 17.2 Å². The minimum Gasteiger partial charge on any atom is -0.507 e. The van der Waals surface area contributed by atoms with Crippen molar-refractivity contribution in [1.29, 1.82) is 0 Å². The summed E-state index contributed by atoms with van der Waals surface area (Å²) in [5.41, 5.74) is -0.721. The number of phenols is 3. The Morgan fingerprint density at radius 1 is 1.00 bits per heavy atom. The van der Waals surface area contributed by atoms with Gasteiger partial charge >= 0.3 is 5.97 Å². The topological polar surface area (TPSA) is 153 Å². The number of aryl methyl sites for hydroxylation is 1. The zero-order valence-corrected chi connectivity index (χ0v) is 17.9. The van der Waals surface area contributed by atoms with Crippen molar-refractivity contribution in [2.75, 3.05) is 25.6 Å². The fraction of sp³-hybridized carbons (Fsp3) is 0.208. The van der Waals surface area contributed by atoms with E-state index in [4.69, 9.17) is 4.74 Å². The molecule has 170 valence electrons. The smallest absolute Gasteiger partial charge is 0.338 e. The number of hydrogen-bond donors (Lipinski definition) is 5. The lowest BCUT2D eigenvalue weighted by atomic mass is 9.79. The average Bonchev–Trinajstić information content (AvgIpc) is 2.81. The molecule has 0 unspecified atom stereocenters. The molecule has 0 atom stereocenters. The quantitative estimate of drug-likeness (QED) is 0.227. The van der Waals surface area contributed by atoms with Crippen LogP contribution < -0.4 is 5.32 Å². The molecule has 3 aromatic rings. The van der Waals surface area contributed by atoms with Crippen LogP contribution in [0.3, 0.4) is 0 Å². The second kappa shape index (κ2) is 8.10. The summed E-state index contributed by atoms with van der Waals surface area (Å²) in [4.78, 5) is 39.3. The summed E-state index contributed by atoms with van der Waals surface area (Å²) in [5.74, 6) is -4.17. The van der Waals surface area contributed by atoms with E-state index < -0.39 is 45.9 Å². The summed E-state index contributed by atoms with van der Waals surface area (Å²) < 4.78 is 4.89. The van der Waals surface area contributed by atoms with Gasteiger partial charge in [0.05, 0.1) is 41.4 Å². The van der Waals surface area contributed by atoms with E-state index in [2.05, 4.69) is 5.32 Å². The zero-order chi connectivity index (χ0) is 24.0. The molecule has 3 aromatic carbocycles. The Kier molecular flexibility index (Phi) is 5.43. The van der Waals surface area contributed by atoms with Crippen molar-refractivity contribution >= 4 is 34.0 Å². The number of ether oxygens (including phenoxy) is 1. The summed E-state index contributed by atoms with van der Waals surface area (Å²) in [7, 11) is 1.16. The molecule has 0 fully saturated rings. The first-order chi connectivity index (χ1) is 15.8. The van der Waals surface area contributed by atoms with Gasteiger partial charge in [-0.2, -0.15) is 0 Å². The maximum atomic E-state index is 13.3. The molecule has 0 amide bonds. The summed E-state index contributed by atoms with van der Waals surface area (Å²) >= 11 is 0. The fourth-order valence-electron chi connectivity index (χ4n) is 4.32. The Morgan fingerprint density at radius 2 is 1.67 bits per heavy atom. The van der Waals surface area contributed by atoms with Gasteiger partial charge in [-0.15, -0.1) is 0 Å². The van der Waals surface area contributed by atoms with Gasteiger partial charge in [0.15, 0.2) is 5.78 Å². The van der Waals surface area contributed by atoms with Crippen LogP contribution in [0.4, 0.5) is 5.69 Å². The van der Waals surface area contributed by atoms with E-state index in [9.17, 15) is 34.8 Å². The molecule has 1 aliphatic rings. The van der Waals surface area contributed by atoms with Crippen LogP contribution in [-0.2, 0) is 11.2 Å². The number of rotatable bonds is 5.